The Morgan fingerprint density at radius 1 is 1.00 bits per heavy atom. The number of rotatable bonds is 8. The quantitative estimate of drug-likeness (QED) is 0.461. The molecule has 3 aromatic rings. The predicted molar refractivity (Wildman–Crippen MR) is 130 cm³/mol. The lowest BCUT2D eigenvalue weighted by molar-refractivity contribution is -0.114. The molecule has 3 rings (SSSR count). The minimum atomic E-state index is -4.24. The lowest BCUT2D eigenvalue weighted by atomic mass is 10.2. The third-order valence-electron chi connectivity index (χ3n) is 4.90. The molecule has 0 bridgehead atoms. The van der Waals surface area contributed by atoms with Gasteiger partial charge in [0.2, 0.25) is 5.91 Å². The van der Waals surface area contributed by atoms with Crippen LogP contribution in [0.25, 0.3) is 0 Å². The highest BCUT2D eigenvalue weighted by atomic mass is 35.5. The van der Waals surface area contributed by atoms with E-state index in [1.54, 1.807) is 31.2 Å². The van der Waals surface area contributed by atoms with Crippen molar-refractivity contribution in [3.63, 3.8) is 0 Å². The van der Waals surface area contributed by atoms with E-state index in [4.69, 9.17) is 21.1 Å². The number of hydrogen-bond acceptors (Lipinski definition) is 6. The summed E-state index contributed by atoms with van der Waals surface area (Å²) >= 11 is 5.98. The molecular formula is C24H23ClN2O6S. The second-order valence-corrected chi connectivity index (χ2v) is 9.49. The number of carbonyl (C=O) groups is 2. The Morgan fingerprint density at radius 2 is 1.68 bits per heavy atom. The summed E-state index contributed by atoms with van der Waals surface area (Å²) in [7, 11) is -1.64. The number of hydrogen-bond donors (Lipinski definition) is 1. The van der Waals surface area contributed by atoms with Gasteiger partial charge >= 0.3 is 5.97 Å². The van der Waals surface area contributed by atoms with Crippen LogP contribution in [0.5, 0.6) is 5.75 Å². The summed E-state index contributed by atoms with van der Waals surface area (Å²) in [6, 6.07) is 17.1. The Kier molecular flexibility index (Phi) is 7.80. The molecule has 0 spiro atoms. The van der Waals surface area contributed by atoms with Crippen molar-refractivity contribution in [2.45, 2.75) is 11.8 Å². The van der Waals surface area contributed by atoms with Gasteiger partial charge in [-0.1, -0.05) is 29.8 Å². The van der Waals surface area contributed by atoms with Gasteiger partial charge < -0.3 is 14.8 Å². The van der Waals surface area contributed by atoms with Crippen molar-refractivity contribution in [1.29, 1.82) is 0 Å². The highest BCUT2D eigenvalue weighted by Gasteiger charge is 2.30. The average molecular weight is 503 g/mol. The number of methoxy groups -OCH3 is 2. The highest BCUT2D eigenvalue weighted by Crippen LogP contribution is 2.31. The van der Waals surface area contributed by atoms with Gasteiger partial charge in [0.05, 0.1) is 31.2 Å². The molecule has 0 aliphatic carbocycles. The van der Waals surface area contributed by atoms with Gasteiger partial charge in [-0.2, -0.15) is 0 Å². The summed E-state index contributed by atoms with van der Waals surface area (Å²) in [6.07, 6.45) is 0. The van der Waals surface area contributed by atoms with Gasteiger partial charge in [0.25, 0.3) is 10.0 Å². The summed E-state index contributed by atoms with van der Waals surface area (Å²) in [5.74, 6) is -1.16. The number of aryl methyl sites for hydroxylation is 1. The molecule has 0 radical (unpaired) electrons. The molecule has 0 saturated carbocycles. The number of anilines is 2. The number of para-hydroxylation sites is 1. The fourth-order valence-corrected chi connectivity index (χ4v) is 5.02. The maximum atomic E-state index is 13.7. The topological polar surface area (TPSA) is 102 Å². The summed E-state index contributed by atoms with van der Waals surface area (Å²) < 4.78 is 38.4. The molecule has 0 saturated heterocycles. The SMILES string of the molecule is COC(=O)c1ccccc1NC(=O)CN(c1ccc(Cl)cc1)S(=O)(=O)c1cc(C)ccc1OC. The first-order valence-corrected chi connectivity index (χ1v) is 11.9. The predicted octanol–water partition coefficient (Wildman–Crippen LogP) is 4.28. The minimum absolute atomic E-state index is 0.0901. The van der Waals surface area contributed by atoms with Crippen molar-refractivity contribution in [2.75, 3.05) is 30.4 Å². The van der Waals surface area contributed by atoms with Crippen LogP contribution in [0, 0.1) is 6.92 Å². The molecule has 10 heteroatoms. The van der Waals surface area contributed by atoms with Crippen LogP contribution in [0.3, 0.4) is 0 Å². The van der Waals surface area contributed by atoms with Crippen LogP contribution in [0.1, 0.15) is 15.9 Å². The number of nitrogens with zero attached hydrogens (tertiary/aromatic N) is 1. The van der Waals surface area contributed by atoms with Crippen LogP contribution in [-0.2, 0) is 19.6 Å². The summed E-state index contributed by atoms with van der Waals surface area (Å²) in [4.78, 5) is 24.9. The number of nitrogens with one attached hydrogen (secondary N) is 1. The van der Waals surface area contributed by atoms with Gasteiger partial charge in [0, 0.05) is 5.02 Å². The van der Waals surface area contributed by atoms with E-state index in [1.165, 1.54) is 56.7 Å². The summed E-state index contributed by atoms with van der Waals surface area (Å²) in [6.45, 7) is 1.18. The van der Waals surface area contributed by atoms with Gasteiger partial charge in [0.1, 0.15) is 17.2 Å². The zero-order chi connectivity index (χ0) is 24.9. The second kappa shape index (κ2) is 10.6. The lowest BCUT2D eigenvalue weighted by Crippen LogP contribution is -2.38. The molecule has 3 aromatic carbocycles. The van der Waals surface area contributed by atoms with E-state index in [2.05, 4.69) is 5.32 Å². The van der Waals surface area contributed by atoms with Crippen LogP contribution in [0.2, 0.25) is 5.02 Å². The van der Waals surface area contributed by atoms with E-state index in [1.807, 2.05) is 0 Å². The molecule has 0 heterocycles. The van der Waals surface area contributed by atoms with Crippen molar-refractivity contribution in [1.82, 2.24) is 0 Å². The Hall–Kier alpha value is -3.56. The van der Waals surface area contributed by atoms with Crippen LogP contribution in [0.4, 0.5) is 11.4 Å². The van der Waals surface area contributed by atoms with Gasteiger partial charge in [0.15, 0.2) is 0 Å². The Labute approximate surface area is 203 Å². The number of amides is 1. The highest BCUT2D eigenvalue weighted by molar-refractivity contribution is 7.93. The van der Waals surface area contributed by atoms with Gasteiger partial charge in [-0.25, -0.2) is 13.2 Å². The Bertz CT molecular complexity index is 1310. The van der Waals surface area contributed by atoms with Gasteiger partial charge in [-0.15, -0.1) is 0 Å². The van der Waals surface area contributed by atoms with Crippen molar-refractivity contribution in [3.05, 3.63) is 82.9 Å². The normalized spacial score (nSPS) is 10.9. The fraction of sp³-hybridized carbons (Fsp3) is 0.167. The molecule has 0 fully saturated rings. The molecule has 1 amide bonds. The Balaban J connectivity index is 2.02. The molecule has 0 aromatic heterocycles. The third-order valence-corrected chi connectivity index (χ3v) is 6.94. The van der Waals surface area contributed by atoms with Crippen LogP contribution >= 0.6 is 11.6 Å². The van der Waals surface area contributed by atoms with Crippen molar-refractivity contribution < 1.29 is 27.5 Å². The zero-order valence-corrected chi connectivity index (χ0v) is 20.3. The van der Waals surface area contributed by atoms with E-state index in [-0.39, 0.29) is 27.6 Å². The van der Waals surface area contributed by atoms with Gasteiger partial charge in [-0.05, 0) is 61.0 Å². The van der Waals surface area contributed by atoms with E-state index < -0.39 is 28.4 Å². The third kappa shape index (κ3) is 5.49. The molecule has 0 aliphatic heterocycles. The monoisotopic (exact) mass is 502 g/mol. The number of sulfonamides is 1. The standard InChI is InChI=1S/C24H23ClN2O6S/c1-16-8-13-21(32-2)22(14-16)34(30,31)27(18-11-9-17(25)10-12-18)15-23(28)26-20-7-5-4-6-19(20)24(29)33-3/h4-14H,15H2,1-3H3,(H,26,28). The minimum Gasteiger partial charge on any atom is -0.495 e. The maximum Gasteiger partial charge on any atom is 0.339 e. The fourth-order valence-electron chi connectivity index (χ4n) is 3.23. The molecule has 0 aliphatic rings. The van der Waals surface area contributed by atoms with Gasteiger partial charge in [-0.3, -0.25) is 9.10 Å². The number of carbonyl (C=O) groups excluding carboxylic acids is 2. The molecule has 178 valence electrons. The molecule has 34 heavy (non-hydrogen) atoms. The number of ether oxygens (including phenoxy) is 2. The van der Waals surface area contributed by atoms with Crippen molar-refractivity contribution >= 4 is 44.9 Å². The number of halogens is 1. The summed E-state index contributed by atoms with van der Waals surface area (Å²) in [5.41, 5.74) is 1.26. The van der Waals surface area contributed by atoms with Crippen molar-refractivity contribution in [3.8, 4) is 5.75 Å². The average Bonchev–Trinajstić information content (AvgIpc) is 2.83. The van der Waals surface area contributed by atoms with E-state index in [9.17, 15) is 18.0 Å². The summed E-state index contributed by atoms with van der Waals surface area (Å²) in [5, 5.41) is 3.01. The zero-order valence-electron chi connectivity index (χ0n) is 18.7. The largest absolute Gasteiger partial charge is 0.495 e. The van der Waals surface area contributed by atoms with Crippen LogP contribution in [0.15, 0.2) is 71.6 Å². The first-order valence-electron chi connectivity index (χ1n) is 10.1. The maximum absolute atomic E-state index is 13.7. The first kappa shape index (κ1) is 25.1. The van der Waals surface area contributed by atoms with Crippen LogP contribution in [-0.4, -0.2) is 41.1 Å². The molecule has 8 nitrogen and oxygen atoms in total. The number of esters is 1. The van der Waals surface area contributed by atoms with Crippen molar-refractivity contribution in [2.24, 2.45) is 0 Å². The molecule has 0 unspecified atom stereocenters. The van der Waals surface area contributed by atoms with Crippen LogP contribution < -0.4 is 14.4 Å². The Morgan fingerprint density at radius 3 is 2.32 bits per heavy atom. The number of benzene rings is 3. The molecule has 0 atom stereocenters. The first-order chi connectivity index (χ1) is 16.2. The lowest BCUT2D eigenvalue weighted by Gasteiger charge is -2.25. The smallest absolute Gasteiger partial charge is 0.339 e. The molecule has 1 N–H and O–H groups in total. The van der Waals surface area contributed by atoms with E-state index >= 15 is 0 Å². The second-order valence-electron chi connectivity index (χ2n) is 7.23. The van der Waals surface area contributed by atoms with E-state index in [0.29, 0.717) is 10.6 Å². The van der Waals surface area contributed by atoms with E-state index in [0.717, 1.165) is 4.31 Å². The molecular weight excluding hydrogens is 480 g/mol.